The van der Waals surface area contributed by atoms with Gasteiger partial charge < -0.3 is 9.30 Å². The van der Waals surface area contributed by atoms with Crippen molar-refractivity contribution in [1.82, 2.24) is 14.3 Å². The van der Waals surface area contributed by atoms with Crippen molar-refractivity contribution in [3.63, 3.8) is 0 Å². The predicted molar refractivity (Wildman–Crippen MR) is 119 cm³/mol. The van der Waals surface area contributed by atoms with Crippen LogP contribution >= 0.6 is 0 Å². The fraction of sp³-hybridized carbons (Fsp3) is 0.364. The Morgan fingerprint density at radius 1 is 1.23 bits per heavy atom. The molecule has 0 aliphatic carbocycles. The molecule has 8 nitrogen and oxygen atoms in total. The fourth-order valence-corrected chi connectivity index (χ4v) is 4.80. The minimum Gasteiger partial charge on any atom is -0.377 e. The van der Waals surface area contributed by atoms with Crippen LogP contribution in [0, 0.1) is 0 Å². The Morgan fingerprint density at radius 3 is 2.84 bits per heavy atom. The van der Waals surface area contributed by atoms with E-state index < -0.39 is 15.9 Å². The van der Waals surface area contributed by atoms with E-state index in [9.17, 15) is 13.2 Å². The summed E-state index contributed by atoms with van der Waals surface area (Å²) in [6, 6.07) is 13.7. The molecule has 2 N–H and O–H groups in total. The highest BCUT2D eigenvalue weighted by Crippen LogP contribution is 2.21. The molecule has 2 heterocycles. The van der Waals surface area contributed by atoms with Gasteiger partial charge >= 0.3 is 0 Å². The molecule has 0 saturated carbocycles. The Kier molecular flexibility index (Phi) is 6.35. The number of sulfonamides is 1. The largest absolute Gasteiger partial charge is 0.377 e. The average Bonchev–Trinajstić information content (AvgIpc) is 3.41. The third kappa shape index (κ3) is 4.79. The highest BCUT2D eigenvalue weighted by molar-refractivity contribution is 7.89. The number of fused-ring (bicyclic) bond motifs is 1. The maximum Gasteiger partial charge on any atom is 0.258 e. The molecule has 1 aliphatic heterocycles. The molecule has 0 bridgehead atoms. The van der Waals surface area contributed by atoms with Crippen molar-refractivity contribution in [2.24, 2.45) is 0 Å². The van der Waals surface area contributed by atoms with Gasteiger partial charge in [-0.3, -0.25) is 10.1 Å². The van der Waals surface area contributed by atoms with Gasteiger partial charge in [-0.2, -0.15) is 0 Å². The van der Waals surface area contributed by atoms with Gasteiger partial charge in [0.05, 0.1) is 22.0 Å². The van der Waals surface area contributed by atoms with Gasteiger partial charge in [-0.15, -0.1) is 0 Å². The topological polar surface area (TPSA) is 102 Å². The number of hydrogen-bond acceptors (Lipinski definition) is 5. The molecule has 3 aromatic rings. The number of benzene rings is 2. The summed E-state index contributed by atoms with van der Waals surface area (Å²) < 4.78 is 35.3. The van der Waals surface area contributed by atoms with Gasteiger partial charge in [0.25, 0.3) is 5.91 Å². The fourth-order valence-electron chi connectivity index (χ4n) is 3.69. The van der Waals surface area contributed by atoms with Gasteiger partial charge in [0.2, 0.25) is 16.0 Å². The second-order valence-electron chi connectivity index (χ2n) is 7.54. The first-order valence-electron chi connectivity index (χ1n) is 10.5. The minimum atomic E-state index is -3.74. The summed E-state index contributed by atoms with van der Waals surface area (Å²) in [6.07, 6.45) is 2.55. The van der Waals surface area contributed by atoms with Crippen LogP contribution in [-0.2, 0) is 21.3 Å². The van der Waals surface area contributed by atoms with Crippen LogP contribution in [0.4, 0.5) is 5.95 Å². The number of rotatable bonds is 8. The average molecular weight is 443 g/mol. The van der Waals surface area contributed by atoms with E-state index in [1.807, 2.05) is 28.8 Å². The summed E-state index contributed by atoms with van der Waals surface area (Å²) in [5.41, 5.74) is 1.98. The molecule has 2 aromatic carbocycles. The second-order valence-corrected chi connectivity index (χ2v) is 9.31. The van der Waals surface area contributed by atoms with Crippen LogP contribution in [0.1, 0.15) is 36.5 Å². The number of nitrogens with one attached hydrogen (secondary N) is 2. The normalized spacial score (nSPS) is 16.6. The van der Waals surface area contributed by atoms with Gasteiger partial charge in [-0.1, -0.05) is 25.1 Å². The molecular weight excluding hydrogens is 416 g/mol. The summed E-state index contributed by atoms with van der Waals surface area (Å²) >= 11 is 0. The van der Waals surface area contributed by atoms with Crippen molar-refractivity contribution in [1.29, 1.82) is 0 Å². The number of imidazole rings is 1. The number of para-hydroxylation sites is 2. The summed E-state index contributed by atoms with van der Waals surface area (Å²) in [7, 11) is -3.74. The molecule has 1 amide bonds. The molecule has 31 heavy (non-hydrogen) atoms. The first-order valence-corrected chi connectivity index (χ1v) is 11.9. The molecule has 1 fully saturated rings. The summed E-state index contributed by atoms with van der Waals surface area (Å²) in [4.78, 5) is 17.5. The molecule has 1 unspecified atom stereocenters. The quantitative estimate of drug-likeness (QED) is 0.558. The Hall–Kier alpha value is -2.75. The van der Waals surface area contributed by atoms with Gasteiger partial charge in [-0.25, -0.2) is 18.1 Å². The maximum absolute atomic E-state index is 12.9. The van der Waals surface area contributed by atoms with Gasteiger partial charge in [0.1, 0.15) is 0 Å². The molecule has 0 spiro atoms. The van der Waals surface area contributed by atoms with Crippen LogP contribution in [0.3, 0.4) is 0 Å². The van der Waals surface area contributed by atoms with Crippen molar-refractivity contribution < 1.29 is 17.9 Å². The Balaban J connectivity index is 1.53. The Bertz CT molecular complexity index is 1180. The van der Waals surface area contributed by atoms with Gasteiger partial charge in [0.15, 0.2) is 0 Å². The molecule has 4 rings (SSSR count). The van der Waals surface area contributed by atoms with Gasteiger partial charge in [0, 0.05) is 25.3 Å². The summed E-state index contributed by atoms with van der Waals surface area (Å²) in [5.74, 6) is 0.0293. The van der Waals surface area contributed by atoms with Crippen LogP contribution in [-0.4, -0.2) is 43.1 Å². The van der Waals surface area contributed by atoms with Crippen LogP contribution in [0.15, 0.2) is 53.4 Å². The molecule has 1 atom stereocenters. The Morgan fingerprint density at radius 2 is 2.06 bits per heavy atom. The Labute approximate surface area is 181 Å². The molecule has 0 radical (unpaired) electrons. The number of nitrogens with zero attached hydrogens (tertiary/aromatic N) is 2. The number of hydrogen-bond donors (Lipinski definition) is 2. The van der Waals surface area contributed by atoms with Crippen LogP contribution < -0.4 is 10.0 Å². The molecule has 1 saturated heterocycles. The lowest BCUT2D eigenvalue weighted by Gasteiger charge is -2.12. The molecule has 1 aromatic heterocycles. The number of anilines is 1. The minimum absolute atomic E-state index is 0.0419. The van der Waals surface area contributed by atoms with Crippen molar-refractivity contribution >= 4 is 32.9 Å². The third-order valence-electron chi connectivity index (χ3n) is 5.26. The first-order chi connectivity index (χ1) is 15.0. The lowest BCUT2D eigenvalue weighted by atomic mass is 10.2. The van der Waals surface area contributed by atoms with E-state index >= 15 is 0 Å². The molecule has 164 valence electrons. The number of carbonyl (C=O) groups is 1. The lowest BCUT2D eigenvalue weighted by Crippen LogP contribution is -2.32. The zero-order valence-electron chi connectivity index (χ0n) is 17.4. The van der Waals surface area contributed by atoms with Crippen molar-refractivity contribution in [3.8, 4) is 0 Å². The summed E-state index contributed by atoms with van der Waals surface area (Å²) in [6.45, 7) is 3.64. The van der Waals surface area contributed by atoms with E-state index in [2.05, 4.69) is 21.9 Å². The maximum atomic E-state index is 12.9. The highest BCUT2D eigenvalue weighted by atomic mass is 32.2. The number of aromatic nitrogens is 2. The van der Waals surface area contributed by atoms with E-state index in [1.54, 1.807) is 12.1 Å². The predicted octanol–water partition coefficient (Wildman–Crippen LogP) is 3.16. The lowest BCUT2D eigenvalue weighted by molar-refractivity contribution is 0.102. The van der Waals surface area contributed by atoms with Crippen LogP contribution in [0.5, 0.6) is 0 Å². The third-order valence-corrected chi connectivity index (χ3v) is 6.68. The zero-order chi connectivity index (χ0) is 21.8. The monoisotopic (exact) mass is 442 g/mol. The number of aryl methyl sites for hydroxylation is 1. The zero-order valence-corrected chi connectivity index (χ0v) is 18.2. The standard InChI is InChI=1S/C22H26N4O4S/c1-2-12-26-20-11-4-3-10-19(20)24-22(26)25-21(27)16-7-5-9-18(14-16)31(28,29)23-15-17-8-6-13-30-17/h3-5,7,9-11,14,17,23H,2,6,8,12-13,15H2,1H3,(H,24,25,27). The molecule has 9 heteroatoms. The number of ether oxygens (including phenoxy) is 1. The second kappa shape index (κ2) is 9.17. The van der Waals surface area contributed by atoms with Crippen LogP contribution in [0.25, 0.3) is 11.0 Å². The SMILES string of the molecule is CCCn1c(NC(=O)c2cccc(S(=O)(=O)NCC3CCCO3)c2)nc2ccccc21. The summed E-state index contributed by atoms with van der Waals surface area (Å²) in [5, 5.41) is 2.83. The number of carbonyl (C=O) groups excluding carboxylic acids is 1. The number of amides is 1. The van der Waals surface area contributed by atoms with Crippen molar-refractivity contribution in [2.45, 2.75) is 43.7 Å². The van der Waals surface area contributed by atoms with E-state index in [0.717, 1.165) is 30.3 Å². The first kappa shape index (κ1) is 21.5. The van der Waals surface area contributed by atoms with E-state index in [4.69, 9.17) is 4.74 Å². The molecular formula is C22H26N4O4S. The smallest absolute Gasteiger partial charge is 0.258 e. The van der Waals surface area contributed by atoms with Crippen molar-refractivity contribution in [2.75, 3.05) is 18.5 Å². The van der Waals surface area contributed by atoms with E-state index in [0.29, 0.717) is 19.1 Å². The highest BCUT2D eigenvalue weighted by Gasteiger charge is 2.21. The van der Waals surface area contributed by atoms with E-state index in [1.165, 1.54) is 12.1 Å². The van der Waals surface area contributed by atoms with E-state index in [-0.39, 0.29) is 23.1 Å². The van der Waals surface area contributed by atoms with Crippen LogP contribution in [0.2, 0.25) is 0 Å². The van der Waals surface area contributed by atoms with Gasteiger partial charge in [-0.05, 0) is 49.6 Å². The molecule has 1 aliphatic rings. The van der Waals surface area contributed by atoms with Crippen molar-refractivity contribution in [3.05, 3.63) is 54.1 Å².